The standard InChI is InChI=1S/C28H22O4/c1-15-5-9-19(10-6-15)24(29)26-17(3)21-13-14-22-23(28(21)32-26)18(4)27(31-22)25(30)20-11-7-16(2)8-12-20/h5-14H,1-4H3. The van der Waals surface area contributed by atoms with E-state index in [2.05, 4.69) is 0 Å². The minimum Gasteiger partial charge on any atom is -0.452 e. The smallest absolute Gasteiger partial charge is 0.228 e. The van der Waals surface area contributed by atoms with Gasteiger partial charge in [-0.1, -0.05) is 59.7 Å². The van der Waals surface area contributed by atoms with Gasteiger partial charge in [-0.3, -0.25) is 9.59 Å². The fraction of sp³-hybridized carbons (Fsp3) is 0.143. The molecule has 0 saturated carbocycles. The van der Waals surface area contributed by atoms with E-state index in [4.69, 9.17) is 8.83 Å². The largest absolute Gasteiger partial charge is 0.452 e. The highest BCUT2D eigenvalue weighted by Crippen LogP contribution is 2.37. The van der Waals surface area contributed by atoms with Gasteiger partial charge in [0.25, 0.3) is 0 Å². The Bertz CT molecular complexity index is 1510. The number of ketones is 2. The van der Waals surface area contributed by atoms with E-state index in [1.165, 1.54) is 0 Å². The Kier molecular flexibility index (Phi) is 4.59. The molecule has 0 unspecified atom stereocenters. The number of rotatable bonds is 4. The van der Waals surface area contributed by atoms with E-state index in [0.29, 0.717) is 33.6 Å². The first-order valence-electron chi connectivity index (χ1n) is 10.5. The fourth-order valence-electron chi connectivity index (χ4n) is 4.11. The molecular formula is C28H22O4. The summed E-state index contributed by atoms with van der Waals surface area (Å²) in [6.07, 6.45) is 0. The van der Waals surface area contributed by atoms with Gasteiger partial charge < -0.3 is 8.83 Å². The van der Waals surface area contributed by atoms with E-state index in [-0.39, 0.29) is 17.3 Å². The molecule has 0 fully saturated rings. The van der Waals surface area contributed by atoms with Crippen LogP contribution >= 0.6 is 0 Å². The summed E-state index contributed by atoms with van der Waals surface area (Å²) in [6, 6.07) is 18.6. The summed E-state index contributed by atoms with van der Waals surface area (Å²) >= 11 is 0. The van der Waals surface area contributed by atoms with Crippen molar-refractivity contribution < 1.29 is 18.4 Å². The van der Waals surface area contributed by atoms with Crippen LogP contribution in [0.4, 0.5) is 0 Å². The molecule has 5 rings (SSSR count). The van der Waals surface area contributed by atoms with Crippen LogP contribution in [0.2, 0.25) is 0 Å². The second-order valence-electron chi connectivity index (χ2n) is 8.32. The van der Waals surface area contributed by atoms with Crippen molar-refractivity contribution >= 4 is 33.5 Å². The molecule has 3 aromatic carbocycles. The summed E-state index contributed by atoms with van der Waals surface area (Å²) in [5.41, 5.74) is 5.94. The average Bonchev–Trinajstić information content (AvgIpc) is 3.31. The maximum Gasteiger partial charge on any atom is 0.228 e. The lowest BCUT2D eigenvalue weighted by atomic mass is 10.0. The zero-order valence-electron chi connectivity index (χ0n) is 18.4. The first-order valence-corrected chi connectivity index (χ1v) is 10.5. The summed E-state index contributed by atoms with van der Waals surface area (Å²) in [5.74, 6) is 0.259. The van der Waals surface area contributed by atoms with Crippen molar-refractivity contribution in [2.24, 2.45) is 0 Å². The van der Waals surface area contributed by atoms with Crippen molar-refractivity contribution in [1.82, 2.24) is 0 Å². The molecule has 2 heterocycles. The number of carbonyl (C=O) groups is 2. The quantitative estimate of drug-likeness (QED) is 0.296. The highest BCUT2D eigenvalue weighted by atomic mass is 16.4. The molecule has 2 aromatic heterocycles. The van der Waals surface area contributed by atoms with Crippen molar-refractivity contribution in [3.63, 3.8) is 0 Å². The summed E-state index contributed by atoms with van der Waals surface area (Å²) in [5, 5.41) is 1.57. The van der Waals surface area contributed by atoms with Crippen LogP contribution in [0.3, 0.4) is 0 Å². The van der Waals surface area contributed by atoms with Crippen LogP contribution in [-0.2, 0) is 0 Å². The van der Waals surface area contributed by atoms with E-state index >= 15 is 0 Å². The van der Waals surface area contributed by atoms with Gasteiger partial charge in [0.15, 0.2) is 11.5 Å². The predicted molar refractivity (Wildman–Crippen MR) is 125 cm³/mol. The van der Waals surface area contributed by atoms with Crippen LogP contribution in [0, 0.1) is 27.7 Å². The third-order valence-corrected chi connectivity index (χ3v) is 6.04. The number of fused-ring (bicyclic) bond motifs is 3. The van der Waals surface area contributed by atoms with Gasteiger partial charge in [-0.15, -0.1) is 0 Å². The van der Waals surface area contributed by atoms with Gasteiger partial charge in [0.2, 0.25) is 11.6 Å². The lowest BCUT2D eigenvalue weighted by Crippen LogP contribution is -2.01. The van der Waals surface area contributed by atoms with Gasteiger partial charge in [0, 0.05) is 27.6 Å². The van der Waals surface area contributed by atoms with Gasteiger partial charge in [-0.05, 0) is 39.8 Å². The molecular weight excluding hydrogens is 400 g/mol. The highest BCUT2D eigenvalue weighted by molar-refractivity contribution is 6.16. The first-order chi connectivity index (χ1) is 15.3. The average molecular weight is 422 g/mol. The third-order valence-electron chi connectivity index (χ3n) is 6.04. The number of furan rings is 2. The SMILES string of the molecule is Cc1ccc(C(=O)c2oc3c(ccc4oc(C(=O)c5ccc(C)cc5)c(C)c43)c2C)cc1. The van der Waals surface area contributed by atoms with Gasteiger partial charge in [0.1, 0.15) is 11.2 Å². The molecule has 0 atom stereocenters. The molecule has 0 bridgehead atoms. The maximum atomic E-state index is 13.1. The normalized spacial score (nSPS) is 11.4. The molecule has 0 radical (unpaired) electrons. The predicted octanol–water partition coefficient (Wildman–Crippen LogP) is 6.87. The van der Waals surface area contributed by atoms with Gasteiger partial charge in [0.05, 0.1) is 5.39 Å². The Balaban J connectivity index is 1.66. The van der Waals surface area contributed by atoms with Crippen LogP contribution in [0.25, 0.3) is 21.9 Å². The van der Waals surface area contributed by atoms with Crippen LogP contribution in [0.1, 0.15) is 54.5 Å². The summed E-state index contributed by atoms with van der Waals surface area (Å²) in [7, 11) is 0. The zero-order valence-corrected chi connectivity index (χ0v) is 18.4. The second kappa shape index (κ2) is 7.34. The molecule has 0 aliphatic rings. The van der Waals surface area contributed by atoms with Crippen molar-refractivity contribution in [1.29, 1.82) is 0 Å². The van der Waals surface area contributed by atoms with Crippen molar-refractivity contribution in [3.8, 4) is 0 Å². The molecule has 32 heavy (non-hydrogen) atoms. The molecule has 0 N–H and O–H groups in total. The Morgan fingerprint density at radius 1 is 0.594 bits per heavy atom. The Morgan fingerprint density at radius 2 is 1.09 bits per heavy atom. The lowest BCUT2D eigenvalue weighted by molar-refractivity contribution is 0.100. The van der Waals surface area contributed by atoms with Crippen LogP contribution in [-0.4, -0.2) is 11.6 Å². The summed E-state index contributed by atoms with van der Waals surface area (Å²) in [6.45, 7) is 7.69. The van der Waals surface area contributed by atoms with E-state index in [0.717, 1.165) is 27.5 Å². The van der Waals surface area contributed by atoms with Crippen molar-refractivity contribution in [2.75, 3.05) is 0 Å². The van der Waals surface area contributed by atoms with Crippen molar-refractivity contribution in [2.45, 2.75) is 27.7 Å². The van der Waals surface area contributed by atoms with Crippen LogP contribution in [0.15, 0.2) is 69.5 Å². The summed E-state index contributed by atoms with van der Waals surface area (Å²) in [4.78, 5) is 26.2. The van der Waals surface area contributed by atoms with Crippen molar-refractivity contribution in [3.05, 3.63) is 106 Å². The minimum absolute atomic E-state index is 0.163. The number of hydrogen-bond donors (Lipinski definition) is 0. The molecule has 158 valence electrons. The molecule has 4 heteroatoms. The molecule has 4 nitrogen and oxygen atoms in total. The third kappa shape index (κ3) is 3.07. The Morgan fingerprint density at radius 3 is 1.62 bits per heavy atom. The monoisotopic (exact) mass is 422 g/mol. The molecule has 0 aliphatic heterocycles. The minimum atomic E-state index is -0.175. The maximum absolute atomic E-state index is 13.1. The van der Waals surface area contributed by atoms with E-state index in [1.807, 2.05) is 64.1 Å². The second-order valence-corrected chi connectivity index (χ2v) is 8.32. The lowest BCUT2D eigenvalue weighted by Gasteiger charge is -2.00. The number of benzene rings is 3. The summed E-state index contributed by atoms with van der Waals surface area (Å²) < 4.78 is 12.1. The Hall–Kier alpha value is -3.92. The first kappa shape index (κ1) is 20.0. The zero-order chi connectivity index (χ0) is 22.6. The van der Waals surface area contributed by atoms with Crippen LogP contribution in [0.5, 0.6) is 0 Å². The molecule has 0 saturated heterocycles. The Labute approximate surface area is 185 Å². The van der Waals surface area contributed by atoms with Gasteiger partial charge >= 0.3 is 0 Å². The van der Waals surface area contributed by atoms with E-state index in [1.54, 1.807) is 24.3 Å². The molecule has 0 spiro atoms. The highest BCUT2D eigenvalue weighted by Gasteiger charge is 2.25. The molecule has 5 aromatic rings. The van der Waals surface area contributed by atoms with Crippen LogP contribution < -0.4 is 0 Å². The number of aryl methyl sites for hydroxylation is 4. The number of hydrogen-bond acceptors (Lipinski definition) is 4. The van der Waals surface area contributed by atoms with E-state index in [9.17, 15) is 9.59 Å². The molecule has 0 amide bonds. The fourth-order valence-corrected chi connectivity index (χ4v) is 4.11. The van der Waals surface area contributed by atoms with E-state index < -0.39 is 0 Å². The number of carbonyl (C=O) groups excluding carboxylic acids is 2. The topological polar surface area (TPSA) is 60.4 Å². The van der Waals surface area contributed by atoms with Gasteiger partial charge in [-0.2, -0.15) is 0 Å². The molecule has 0 aliphatic carbocycles. The van der Waals surface area contributed by atoms with Gasteiger partial charge in [-0.25, -0.2) is 0 Å².